The minimum Gasteiger partial charge on any atom is -0.399 e. The highest BCUT2D eigenvalue weighted by atomic mass is 14.7. The van der Waals surface area contributed by atoms with Gasteiger partial charge in [0, 0.05) is 23.8 Å². The van der Waals surface area contributed by atoms with E-state index in [1.54, 1.807) is 0 Å². The predicted octanol–water partition coefficient (Wildman–Crippen LogP) is 4.35. The second-order valence-corrected chi connectivity index (χ2v) is 5.37. The number of benzene rings is 3. The number of aliphatic imine (C=N–C) groups is 2. The molecule has 0 heterocycles. The molecule has 4 nitrogen and oxygen atoms in total. The molecule has 0 aliphatic heterocycles. The van der Waals surface area contributed by atoms with Crippen LogP contribution in [0.25, 0.3) is 0 Å². The summed E-state index contributed by atoms with van der Waals surface area (Å²) < 4.78 is 0. The van der Waals surface area contributed by atoms with E-state index in [1.807, 2.05) is 85.2 Å². The van der Waals surface area contributed by atoms with E-state index >= 15 is 0 Å². The van der Waals surface area contributed by atoms with Gasteiger partial charge in [0.2, 0.25) is 0 Å². The first kappa shape index (κ1) is 15.5. The lowest BCUT2D eigenvalue weighted by atomic mass is 10.2. The quantitative estimate of drug-likeness (QED) is 0.554. The Hall–Kier alpha value is -3.40. The maximum Gasteiger partial charge on any atom is 0.0631 e. The molecule has 4 N–H and O–H groups in total. The van der Waals surface area contributed by atoms with Crippen molar-refractivity contribution >= 4 is 35.2 Å². The van der Waals surface area contributed by atoms with Gasteiger partial charge in [-0.2, -0.15) is 0 Å². The number of hydrogen-bond donors (Lipinski definition) is 2. The summed E-state index contributed by atoms with van der Waals surface area (Å²) >= 11 is 0. The minimum atomic E-state index is 0.734. The van der Waals surface area contributed by atoms with Crippen LogP contribution in [0.2, 0.25) is 0 Å². The topological polar surface area (TPSA) is 76.8 Å². The van der Waals surface area contributed by atoms with Crippen molar-refractivity contribution in [1.29, 1.82) is 0 Å². The second kappa shape index (κ2) is 7.24. The van der Waals surface area contributed by atoms with Gasteiger partial charge in [-0.05, 0) is 59.7 Å². The van der Waals surface area contributed by atoms with Crippen LogP contribution >= 0.6 is 0 Å². The molecule has 24 heavy (non-hydrogen) atoms. The summed E-state index contributed by atoms with van der Waals surface area (Å²) in [4.78, 5) is 8.87. The molecule has 0 aliphatic carbocycles. The van der Waals surface area contributed by atoms with Gasteiger partial charge in [-0.25, -0.2) is 0 Å². The highest BCUT2D eigenvalue weighted by Gasteiger charge is 1.93. The number of nitrogens with zero attached hydrogens (tertiary/aromatic N) is 2. The molecule has 118 valence electrons. The largest absolute Gasteiger partial charge is 0.399 e. The lowest BCUT2D eigenvalue weighted by Crippen LogP contribution is -1.85. The van der Waals surface area contributed by atoms with Crippen molar-refractivity contribution in [2.45, 2.75) is 0 Å². The fraction of sp³-hybridized carbons (Fsp3) is 0. The van der Waals surface area contributed by atoms with Crippen molar-refractivity contribution < 1.29 is 0 Å². The molecule has 0 spiro atoms. The molecular weight excluding hydrogens is 296 g/mol. The highest BCUT2D eigenvalue weighted by molar-refractivity contribution is 5.84. The van der Waals surface area contributed by atoms with Crippen molar-refractivity contribution in [2.75, 3.05) is 11.5 Å². The molecule has 4 heteroatoms. The molecule has 3 aromatic rings. The van der Waals surface area contributed by atoms with Crippen molar-refractivity contribution in [1.82, 2.24) is 0 Å². The number of rotatable bonds is 4. The van der Waals surface area contributed by atoms with Crippen LogP contribution in [0.1, 0.15) is 11.1 Å². The molecule has 0 fully saturated rings. The number of nitrogen functional groups attached to an aromatic ring is 2. The van der Waals surface area contributed by atoms with E-state index in [-0.39, 0.29) is 0 Å². The van der Waals surface area contributed by atoms with Crippen LogP contribution in [0.3, 0.4) is 0 Å². The Balaban J connectivity index is 1.66. The third kappa shape index (κ3) is 4.30. The average Bonchev–Trinajstić information content (AvgIpc) is 2.62. The van der Waals surface area contributed by atoms with Crippen LogP contribution in [-0.4, -0.2) is 12.4 Å². The van der Waals surface area contributed by atoms with E-state index in [0.29, 0.717) is 0 Å². The molecular formula is C20H18N4. The molecule has 0 unspecified atom stereocenters. The first-order chi connectivity index (χ1) is 11.7. The molecule has 0 aliphatic rings. The average molecular weight is 314 g/mol. The summed E-state index contributed by atoms with van der Waals surface area (Å²) in [6.45, 7) is 0. The molecule has 0 amide bonds. The number of hydrogen-bond acceptors (Lipinski definition) is 4. The SMILES string of the molecule is Nc1ccc(/C=N/c2ccc(/C=N/c3ccc(N)cc3)cc2)cc1. The lowest BCUT2D eigenvalue weighted by molar-refractivity contribution is 1.50. The van der Waals surface area contributed by atoms with Gasteiger partial charge in [-0.1, -0.05) is 24.3 Å². The number of anilines is 2. The van der Waals surface area contributed by atoms with Crippen LogP contribution in [0.4, 0.5) is 22.7 Å². The fourth-order valence-electron chi connectivity index (χ4n) is 2.09. The monoisotopic (exact) mass is 314 g/mol. The van der Waals surface area contributed by atoms with Gasteiger partial charge in [0.1, 0.15) is 0 Å². The summed E-state index contributed by atoms with van der Waals surface area (Å²) in [6.07, 6.45) is 3.63. The first-order valence-corrected chi connectivity index (χ1v) is 7.58. The van der Waals surface area contributed by atoms with Gasteiger partial charge in [-0.15, -0.1) is 0 Å². The van der Waals surface area contributed by atoms with Crippen molar-refractivity contribution in [2.24, 2.45) is 9.98 Å². The Morgan fingerprint density at radius 2 is 0.833 bits per heavy atom. The molecule has 0 atom stereocenters. The Kier molecular flexibility index (Phi) is 4.68. The minimum absolute atomic E-state index is 0.734. The second-order valence-electron chi connectivity index (χ2n) is 5.37. The molecule has 3 rings (SSSR count). The van der Waals surface area contributed by atoms with Gasteiger partial charge in [0.25, 0.3) is 0 Å². The van der Waals surface area contributed by atoms with E-state index in [2.05, 4.69) is 9.98 Å². The van der Waals surface area contributed by atoms with Gasteiger partial charge in [0.15, 0.2) is 0 Å². The Morgan fingerprint density at radius 1 is 0.500 bits per heavy atom. The normalized spacial score (nSPS) is 11.3. The Morgan fingerprint density at radius 3 is 1.29 bits per heavy atom. The summed E-state index contributed by atoms with van der Waals surface area (Å²) in [5.41, 5.74) is 16.6. The maximum atomic E-state index is 5.67. The van der Waals surface area contributed by atoms with Crippen LogP contribution < -0.4 is 11.5 Å². The molecule has 0 bridgehead atoms. The van der Waals surface area contributed by atoms with E-state index < -0.39 is 0 Å². The Labute approximate surface area is 141 Å². The summed E-state index contributed by atoms with van der Waals surface area (Å²) in [6, 6.07) is 22.9. The molecule has 0 saturated carbocycles. The summed E-state index contributed by atoms with van der Waals surface area (Å²) in [7, 11) is 0. The van der Waals surface area contributed by atoms with Gasteiger partial charge < -0.3 is 11.5 Å². The summed E-state index contributed by atoms with van der Waals surface area (Å²) in [5, 5.41) is 0. The Bertz CT molecular complexity index is 771. The third-order valence-electron chi connectivity index (χ3n) is 3.45. The van der Waals surface area contributed by atoms with Crippen molar-refractivity contribution in [3.8, 4) is 0 Å². The summed E-state index contributed by atoms with van der Waals surface area (Å²) in [5.74, 6) is 0. The van der Waals surface area contributed by atoms with Crippen LogP contribution in [0, 0.1) is 0 Å². The van der Waals surface area contributed by atoms with Gasteiger partial charge in [-0.3, -0.25) is 9.98 Å². The molecule has 0 saturated heterocycles. The van der Waals surface area contributed by atoms with Crippen LogP contribution in [-0.2, 0) is 0 Å². The van der Waals surface area contributed by atoms with E-state index in [9.17, 15) is 0 Å². The predicted molar refractivity (Wildman–Crippen MR) is 103 cm³/mol. The van der Waals surface area contributed by atoms with Gasteiger partial charge >= 0.3 is 0 Å². The third-order valence-corrected chi connectivity index (χ3v) is 3.45. The fourth-order valence-corrected chi connectivity index (χ4v) is 2.09. The van der Waals surface area contributed by atoms with Crippen molar-refractivity contribution in [3.05, 3.63) is 83.9 Å². The van der Waals surface area contributed by atoms with E-state index in [1.165, 1.54) is 0 Å². The van der Waals surface area contributed by atoms with E-state index in [4.69, 9.17) is 11.5 Å². The standard InChI is InChI=1S/C20H18N4/c21-17-5-1-15(2-6-17)13-23-19-9-3-16(4-10-19)14-24-20-11-7-18(22)8-12-20/h1-14H,21-22H2/b23-13+,24-14+. The van der Waals surface area contributed by atoms with Crippen LogP contribution in [0.5, 0.6) is 0 Å². The zero-order valence-electron chi connectivity index (χ0n) is 13.1. The maximum absolute atomic E-state index is 5.67. The smallest absolute Gasteiger partial charge is 0.0631 e. The zero-order chi connectivity index (χ0) is 16.8. The number of nitrogens with two attached hydrogens (primary N) is 2. The molecule has 0 radical (unpaired) electrons. The molecule has 0 aromatic heterocycles. The van der Waals surface area contributed by atoms with Gasteiger partial charge in [0.05, 0.1) is 11.4 Å². The lowest BCUT2D eigenvalue weighted by Gasteiger charge is -1.98. The highest BCUT2D eigenvalue weighted by Crippen LogP contribution is 2.16. The van der Waals surface area contributed by atoms with Crippen molar-refractivity contribution in [3.63, 3.8) is 0 Å². The van der Waals surface area contributed by atoms with Crippen LogP contribution in [0.15, 0.2) is 82.8 Å². The van der Waals surface area contributed by atoms with E-state index in [0.717, 1.165) is 33.9 Å². The zero-order valence-corrected chi connectivity index (χ0v) is 13.1. The first-order valence-electron chi connectivity index (χ1n) is 7.58. The molecule has 3 aromatic carbocycles.